The van der Waals surface area contributed by atoms with Crippen molar-refractivity contribution in [3.05, 3.63) is 28.8 Å². The quantitative estimate of drug-likeness (QED) is 0.569. The van der Waals surface area contributed by atoms with Crippen molar-refractivity contribution in [3.8, 4) is 17.6 Å². The molecule has 0 spiro atoms. The molecule has 0 heterocycles. The van der Waals surface area contributed by atoms with Gasteiger partial charge in [-0.15, -0.1) is 0 Å². The third-order valence-electron chi connectivity index (χ3n) is 2.22. The molecule has 0 unspecified atom stereocenters. The van der Waals surface area contributed by atoms with E-state index in [0.29, 0.717) is 5.75 Å². The van der Waals surface area contributed by atoms with Crippen LogP contribution in [-0.2, 0) is 0 Å². The third-order valence-corrected chi connectivity index (χ3v) is 2.22. The van der Waals surface area contributed by atoms with Crippen LogP contribution in [0.25, 0.3) is 0 Å². The molecule has 1 aromatic carbocycles. The molecule has 0 aliphatic heterocycles. The number of hydrogen-bond donors (Lipinski definition) is 2. The Bertz CT molecular complexity index is 376. The van der Waals surface area contributed by atoms with Gasteiger partial charge in [-0.2, -0.15) is 0 Å². The van der Waals surface area contributed by atoms with E-state index >= 15 is 0 Å². The highest BCUT2D eigenvalue weighted by Crippen LogP contribution is 2.22. The first-order valence-corrected chi connectivity index (χ1v) is 5.09. The monoisotopic (exact) mass is 203 g/mol. The van der Waals surface area contributed by atoms with E-state index in [0.717, 1.165) is 29.7 Å². The standard InChI is InChI=1S/C13H17NO/c1-10-8-12(6-4-5-7-14-3)9-11(2)13(10)15/h8-9,14-15H,5,7H2,1-3H3. The zero-order valence-electron chi connectivity index (χ0n) is 9.52. The highest BCUT2D eigenvalue weighted by Gasteiger charge is 2.00. The second kappa shape index (κ2) is 5.43. The van der Waals surface area contributed by atoms with Crippen LogP contribution in [0.15, 0.2) is 12.1 Å². The van der Waals surface area contributed by atoms with Gasteiger partial charge < -0.3 is 10.4 Å². The smallest absolute Gasteiger partial charge is 0.121 e. The summed E-state index contributed by atoms with van der Waals surface area (Å²) in [4.78, 5) is 0. The summed E-state index contributed by atoms with van der Waals surface area (Å²) in [7, 11) is 1.91. The van der Waals surface area contributed by atoms with Crippen LogP contribution in [0.3, 0.4) is 0 Å². The lowest BCUT2D eigenvalue weighted by Crippen LogP contribution is -2.05. The first-order chi connectivity index (χ1) is 7.15. The van der Waals surface area contributed by atoms with E-state index in [-0.39, 0.29) is 0 Å². The van der Waals surface area contributed by atoms with Gasteiger partial charge in [0.05, 0.1) is 0 Å². The Morgan fingerprint density at radius 2 is 1.87 bits per heavy atom. The summed E-state index contributed by atoms with van der Waals surface area (Å²) >= 11 is 0. The number of nitrogens with one attached hydrogen (secondary N) is 1. The predicted octanol–water partition coefficient (Wildman–Crippen LogP) is 1.97. The second-order valence-corrected chi connectivity index (χ2v) is 3.61. The molecule has 2 nitrogen and oxygen atoms in total. The number of rotatable bonds is 2. The zero-order chi connectivity index (χ0) is 11.3. The number of aryl methyl sites for hydroxylation is 2. The number of aromatic hydroxyl groups is 1. The maximum Gasteiger partial charge on any atom is 0.121 e. The molecule has 1 rings (SSSR count). The minimum absolute atomic E-state index is 0.371. The summed E-state index contributed by atoms with van der Waals surface area (Å²) < 4.78 is 0. The van der Waals surface area contributed by atoms with Gasteiger partial charge in [-0.1, -0.05) is 11.8 Å². The van der Waals surface area contributed by atoms with Gasteiger partial charge in [-0.25, -0.2) is 0 Å². The number of phenolic OH excluding ortho intramolecular Hbond substituents is 1. The summed E-state index contributed by atoms with van der Waals surface area (Å²) in [6.45, 7) is 4.69. The van der Waals surface area contributed by atoms with Gasteiger partial charge in [0.1, 0.15) is 5.75 Å². The van der Waals surface area contributed by atoms with Crippen LogP contribution >= 0.6 is 0 Å². The molecule has 0 aliphatic rings. The average Bonchev–Trinajstić information content (AvgIpc) is 2.21. The summed E-state index contributed by atoms with van der Waals surface area (Å²) in [6.07, 6.45) is 0.843. The molecule has 0 radical (unpaired) electrons. The first kappa shape index (κ1) is 11.6. The molecule has 0 saturated heterocycles. The normalized spacial score (nSPS) is 9.53. The Labute approximate surface area is 91.3 Å². The minimum Gasteiger partial charge on any atom is -0.507 e. The van der Waals surface area contributed by atoms with E-state index in [1.807, 2.05) is 33.0 Å². The van der Waals surface area contributed by atoms with Crippen molar-refractivity contribution in [2.45, 2.75) is 20.3 Å². The number of hydrogen-bond acceptors (Lipinski definition) is 2. The molecule has 80 valence electrons. The molecule has 0 bridgehead atoms. The van der Waals surface area contributed by atoms with E-state index in [9.17, 15) is 5.11 Å². The Morgan fingerprint density at radius 1 is 1.27 bits per heavy atom. The molecule has 2 heteroatoms. The molecular formula is C13H17NO. The van der Waals surface area contributed by atoms with E-state index in [1.54, 1.807) is 0 Å². The lowest BCUT2D eigenvalue weighted by atomic mass is 10.1. The largest absolute Gasteiger partial charge is 0.507 e. The van der Waals surface area contributed by atoms with Gasteiger partial charge in [0.25, 0.3) is 0 Å². The summed E-state index contributed by atoms with van der Waals surface area (Å²) in [6, 6.07) is 3.82. The number of phenols is 1. The number of benzene rings is 1. The maximum absolute atomic E-state index is 9.58. The maximum atomic E-state index is 9.58. The molecule has 0 aromatic heterocycles. The summed E-state index contributed by atoms with van der Waals surface area (Å²) in [5.74, 6) is 6.54. The van der Waals surface area contributed by atoms with Crippen LogP contribution in [0.4, 0.5) is 0 Å². The van der Waals surface area contributed by atoms with E-state index in [4.69, 9.17) is 0 Å². The molecule has 0 atom stereocenters. The highest BCUT2D eigenvalue weighted by molar-refractivity contribution is 5.47. The third kappa shape index (κ3) is 3.30. The average molecular weight is 203 g/mol. The highest BCUT2D eigenvalue weighted by atomic mass is 16.3. The van der Waals surface area contributed by atoms with Crippen molar-refractivity contribution in [2.75, 3.05) is 13.6 Å². The fourth-order valence-electron chi connectivity index (χ4n) is 1.38. The Balaban J connectivity index is 2.81. The first-order valence-electron chi connectivity index (χ1n) is 5.09. The zero-order valence-corrected chi connectivity index (χ0v) is 9.52. The van der Waals surface area contributed by atoms with Gasteiger partial charge in [0, 0.05) is 18.5 Å². The van der Waals surface area contributed by atoms with Crippen molar-refractivity contribution >= 4 is 0 Å². The lowest BCUT2D eigenvalue weighted by Gasteiger charge is -2.03. The molecule has 0 amide bonds. The van der Waals surface area contributed by atoms with Crippen molar-refractivity contribution in [3.63, 3.8) is 0 Å². The topological polar surface area (TPSA) is 32.3 Å². The van der Waals surface area contributed by atoms with Crippen LogP contribution in [0.1, 0.15) is 23.1 Å². The van der Waals surface area contributed by atoms with Gasteiger partial charge in [-0.3, -0.25) is 0 Å². The molecular weight excluding hydrogens is 186 g/mol. The van der Waals surface area contributed by atoms with Crippen LogP contribution < -0.4 is 5.32 Å². The molecule has 0 saturated carbocycles. The minimum atomic E-state index is 0.371. The van der Waals surface area contributed by atoms with E-state index < -0.39 is 0 Å². The molecule has 0 fully saturated rings. The Hall–Kier alpha value is -1.46. The predicted molar refractivity (Wildman–Crippen MR) is 63.0 cm³/mol. The van der Waals surface area contributed by atoms with Gasteiger partial charge in [0.2, 0.25) is 0 Å². The van der Waals surface area contributed by atoms with Crippen LogP contribution in [-0.4, -0.2) is 18.7 Å². The molecule has 0 aliphatic carbocycles. The van der Waals surface area contributed by atoms with Gasteiger partial charge >= 0.3 is 0 Å². The summed E-state index contributed by atoms with van der Waals surface area (Å²) in [5, 5.41) is 12.6. The fraction of sp³-hybridized carbons (Fsp3) is 0.385. The van der Waals surface area contributed by atoms with Crippen LogP contribution in [0.2, 0.25) is 0 Å². The van der Waals surface area contributed by atoms with Crippen molar-refractivity contribution in [1.29, 1.82) is 0 Å². The lowest BCUT2D eigenvalue weighted by molar-refractivity contribution is 0.467. The van der Waals surface area contributed by atoms with Crippen molar-refractivity contribution in [2.24, 2.45) is 0 Å². The van der Waals surface area contributed by atoms with Crippen LogP contribution in [0.5, 0.6) is 5.75 Å². The van der Waals surface area contributed by atoms with Gasteiger partial charge in [0.15, 0.2) is 0 Å². The SMILES string of the molecule is CNCCC#Cc1cc(C)c(O)c(C)c1. The fourth-order valence-corrected chi connectivity index (χ4v) is 1.38. The van der Waals surface area contributed by atoms with Crippen molar-refractivity contribution < 1.29 is 5.11 Å². The Kier molecular flexibility index (Phi) is 4.20. The Morgan fingerprint density at radius 3 is 2.40 bits per heavy atom. The van der Waals surface area contributed by atoms with Crippen LogP contribution in [0, 0.1) is 25.7 Å². The van der Waals surface area contributed by atoms with Crippen molar-refractivity contribution in [1.82, 2.24) is 5.32 Å². The van der Waals surface area contributed by atoms with Gasteiger partial charge in [-0.05, 0) is 44.2 Å². The van der Waals surface area contributed by atoms with E-state index in [2.05, 4.69) is 17.2 Å². The molecule has 15 heavy (non-hydrogen) atoms. The second-order valence-electron chi connectivity index (χ2n) is 3.61. The summed E-state index contributed by atoms with van der Waals surface area (Å²) in [5.41, 5.74) is 2.74. The molecule has 2 N–H and O–H groups in total. The van der Waals surface area contributed by atoms with E-state index in [1.165, 1.54) is 0 Å². The molecule has 1 aromatic rings.